The van der Waals surface area contributed by atoms with Crippen molar-refractivity contribution in [3.8, 4) is 11.6 Å². The van der Waals surface area contributed by atoms with E-state index >= 15 is 0 Å². The predicted octanol–water partition coefficient (Wildman–Crippen LogP) is 3.24. The first-order valence-corrected chi connectivity index (χ1v) is 11.2. The van der Waals surface area contributed by atoms with Gasteiger partial charge in [-0.15, -0.1) is 0 Å². The van der Waals surface area contributed by atoms with Crippen molar-refractivity contribution < 1.29 is 18.1 Å². The lowest BCUT2D eigenvalue weighted by molar-refractivity contribution is -0.132. The summed E-state index contributed by atoms with van der Waals surface area (Å²) < 4.78 is 33.6. The quantitative estimate of drug-likeness (QED) is 0.567. The van der Waals surface area contributed by atoms with Gasteiger partial charge in [0.1, 0.15) is 5.82 Å². The van der Waals surface area contributed by atoms with Crippen LogP contribution in [0.15, 0.2) is 72.5 Å². The van der Waals surface area contributed by atoms with Crippen molar-refractivity contribution in [3.05, 3.63) is 89.5 Å². The van der Waals surface area contributed by atoms with E-state index in [4.69, 9.17) is 4.74 Å². The lowest BCUT2D eigenvalue weighted by Gasteiger charge is -2.28. The number of ether oxygens (including phenoxy) is 1. The summed E-state index contributed by atoms with van der Waals surface area (Å²) in [6.45, 7) is 0.285. The first-order valence-electron chi connectivity index (χ1n) is 9.79. The number of rotatable bonds is 7. The molecule has 0 radical (unpaired) electrons. The van der Waals surface area contributed by atoms with Crippen LogP contribution in [0.4, 0.5) is 4.39 Å². The Labute approximate surface area is 182 Å². The van der Waals surface area contributed by atoms with E-state index in [1.54, 1.807) is 51.4 Å². The van der Waals surface area contributed by atoms with E-state index in [9.17, 15) is 13.4 Å². The Morgan fingerprint density at radius 1 is 1.29 bits per heavy atom. The molecular weight excluding hydrogens is 417 g/mol. The summed E-state index contributed by atoms with van der Waals surface area (Å²) >= 11 is 0. The van der Waals surface area contributed by atoms with Gasteiger partial charge in [-0.1, -0.05) is 12.1 Å². The normalized spacial score (nSPS) is 17.6. The van der Waals surface area contributed by atoms with Crippen molar-refractivity contribution in [2.24, 2.45) is 0 Å². The summed E-state index contributed by atoms with van der Waals surface area (Å²) in [7, 11) is 0.412. The second kappa shape index (κ2) is 9.26. The van der Waals surface area contributed by atoms with Crippen LogP contribution in [0, 0.1) is 5.82 Å². The van der Waals surface area contributed by atoms with Crippen molar-refractivity contribution in [2.45, 2.75) is 19.0 Å². The smallest absolute Gasteiger partial charge is 0.227 e. The van der Waals surface area contributed by atoms with Crippen molar-refractivity contribution in [2.75, 3.05) is 12.9 Å². The molecule has 6 nitrogen and oxygen atoms in total. The van der Waals surface area contributed by atoms with Gasteiger partial charge < -0.3 is 14.2 Å². The summed E-state index contributed by atoms with van der Waals surface area (Å²) in [5.41, 5.74) is 1.84. The highest BCUT2D eigenvalue weighted by molar-refractivity contribution is 7.88. The van der Waals surface area contributed by atoms with Crippen molar-refractivity contribution in [1.82, 2.24) is 14.5 Å². The van der Waals surface area contributed by atoms with Crippen molar-refractivity contribution in [1.29, 1.82) is 0 Å². The summed E-state index contributed by atoms with van der Waals surface area (Å²) in [6.07, 6.45) is 6.96. The number of carbonyl (C=O) groups excluding carboxylic acids is 1. The maximum atomic E-state index is 14.8. The number of aromatic nitrogens is 2. The van der Waals surface area contributed by atoms with Crippen LogP contribution in [0.3, 0.4) is 0 Å². The summed E-state index contributed by atoms with van der Waals surface area (Å²) in [6, 6.07) is 11.8. The molecule has 8 heteroatoms. The van der Waals surface area contributed by atoms with E-state index in [0.29, 0.717) is 22.9 Å². The van der Waals surface area contributed by atoms with E-state index in [0.717, 1.165) is 5.56 Å². The molecule has 4 rings (SSSR count). The third kappa shape index (κ3) is 4.91. The molecule has 0 saturated carbocycles. The number of hydrogen-bond donors (Lipinski definition) is 0. The maximum Gasteiger partial charge on any atom is 0.227 e. The summed E-state index contributed by atoms with van der Waals surface area (Å²) in [4.78, 5) is 18.9. The van der Waals surface area contributed by atoms with Gasteiger partial charge in [0.2, 0.25) is 11.8 Å². The topological polar surface area (TPSA) is 64.4 Å². The number of methoxy groups -OCH3 is 1. The van der Waals surface area contributed by atoms with Gasteiger partial charge in [0, 0.05) is 53.1 Å². The van der Waals surface area contributed by atoms with Gasteiger partial charge >= 0.3 is 0 Å². The Bertz CT molecular complexity index is 1130. The molecule has 2 aromatic heterocycles. The molecule has 1 aromatic carbocycles. The van der Waals surface area contributed by atoms with Gasteiger partial charge in [-0.3, -0.25) is 9.00 Å². The highest BCUT2D eigenvalue weighted by atomic mass is 32.2. The van der Waals surface area contributed by atoms with Gasteiger partial charge in [-0.05, 0) is 41.5 Å². The number of hydrogen-bond acceptors (Lipinski definition) is 4. The minimum atomic E-state index is -1.11. The average Bonchev–Trinajstić information content (AvgIpc) is 3.45. The molecule has 2 atom stereocenters. The third-order valence-electron chi connectivity index (χ3n) is 5.15. The van der Waals surface area contributed by atoms with Crippen molar-refractivity contribution >= 4 is 16.7 Å². The van der Waals surface area contributed by atoms with Gasteiger partial charge in [-0.2, -0.15) is 0 Å². The van der Waals surface area contributed by atoms with E-state index in [1.165, 1.54) is 13.2 Å². The molecule has 2 unspecified atom stereocenters. The van der Waals surface area contributed by atoms with Crippen LogP contribution in [0.5, 0.6) is 5.88 Å². The Morgan fingerprint density at radius 2 is 2.10 bits per heavy atom. The molecule has 0 saturated heterocycles. The van der Waals surface area contributed by atoms with Gasteiger partial charge in [0.05, 0.1) is 25.3 Å². The van der Waals surface area contributed by atoms with E-state index in [2.05, 4.69) is 4.98 Å². The Balaban J connectivity index is 1.55. The molecule has 0 fully saturated rings. The number of halogens is 1. The van der Waals surface area contributed by atoms with Crippen molar-refractivity contribution in [3.63, 3.8) is 0 Å². The SMILES string of the molecule is COc1cc(CN(C(=O)Cc2ccc(-n3cccc3)cc2F)C2C=CS(=O)C2)ccn1. The zero-order valence-corrected chi connectivity index (χ0v) is 17.8. The second-order valence-corrected chi connectivity index (χ2v) is 8.58. The molecular formula is C23H22FN3O3S. The minimum Gasteiger partial charge on any atom is -0.481 e. The Hall–Kier alpha value is -3.26. The molecule has 31 heavy (non-hydrogen) atoms. The zero-order valence-electron chi connectivity index (χ0n) is 17.0. The average molecular weight is 440 g/mol. The van der Waals surface area contributed by atoms with Crippen LogP contribution < -0.4 is 4.74 Å². The summed E-state index contributed by atoms with van der Waals surface area (Å²) in [5, 5.41) is 1.60. The van der Waals surface area contributed by atoms with Crippen LogP contribution in [0.2, 0.25) is 0 Å². The van der Waals surface area contributed by atoms with E-state index in [-0.39, 0.29) is 24.9 Å². The largest absolute Gasteiger partial charge is 0.481 e. The maximum absolute atomic E-state index is 14.8. The minimum absolute atomic E-state index is 0.0863. The number of nitrogens with zero attached hydrogens (tertiary/aromatic N) is 3. The first kappa shape index (κ1) is 21.0. The standard InChI is InChI=1S/C23H22FN3O3S/c1-30-22-12-17(6-8-25-22)15-27(20-7-11-31(29)16-20)23(28)13-18-4-5-19(14-21(18)24)26-9-2-3-10-26/h2-12,14,20H,13,15-16H2,1H3. The Morgan fingerprint density at radius 3 is 2.77 bits per heavy atom. The molecule has 3 heterocycles. The van der Waals surface area contributed by atoms with Gasteiger partial charge in [0.15, 0.2) is 0 Å². The van der Waals surface area contributed by atoms with E-state index < -0.39 is 16.6 Å². The molecule has 160 valence electrons. The van der Waals surface area contributed by atoms with Crippen LogP contribution in [-0.2, 0) is 28.6 Å². The fourth-order valence-electron chi connectivity index (χ4n) is 3.51. The molecule has 1 aliphatic heterocycles. The fraction of sp³-hybridized carbons (Fsp3) is 0.217. The van der Waals surface area contributed by atoms with Gasteiger partial charge in [-0.25, -0.2) is 9.37 Å². The predicted molar refractivity (Wildman–Crippen MR) is 117 cm³/mol. The number of pyridine rings is 1. The van der Waals surface area contributed by atoms with Crippen LogP contribution in [0.1, 0.15) is 11.1 Å². The highest BCUT2D eigenvalue weighted by Gasteiger charge is 2.27. The van der Waals surface area contributed by atoms with E-state index in [1.807, 2.05) is 24.5 Å². The molecule has 1 aliphatic rings. The van der Waals surface area contributed by atoms with Crippen LogP contribution in [0.25, 0.3) is 5.69 Å². The van der Waals surface area contributed by atoms with Crippen LogP contribution in [-0.4, -0.2) is 43.5 Å². The zero-order chi connectivity index (χ0) is 21.8. The second-order valence-electron chi connectivity index (χ2n) is 7.21. The molecule has 0 spiro atoms. The molecule has 0 aliphatic carbocycles. The number of benzene rings is 1. The summed E-state index contributed by atoms with van der Waals surface area (Å²) in [5.74, 6) is 0.109. The lowest BCUT2D eigenvalue weighted by atomic mass is 10.1. The number of carbonyl (C=O) groups is 1. The lowest BCUT2D eigenvalue weighted by Crippen LogP contribution is -2.41. The molecule has 3 aromatic rings. The highest BCUT2D eigenvalue weighted by Crippen LogP contribution is 2.21. The van der Waals surface area contributed by atoms with Crippen LogP contribution >= 0.6 is 0 Å². The molecule has 1 amide bonds. The Kier molecular flexibility index (Phi) is 6.27. The first-order chi connectivity index (χ1) is 15.0. The number of amides is 1. The third-order valence-corrected chi connectivity index (χ3v) is 6.28. The molecule has 0 N–H and O–H groups in total. The van der Waals surface area contributed by atoms with Gasteiger partial charge in [0.25, 0.3) is 0 Å². The molecule has 0 bridgehead atoms. The monoisotopic (exact) mass is 439 g/mol. The fourth-order valence-corrected chi connectivity index (χ4v) is 4.61.